The van der Waals surface area contributed by atoms with Gasteiger partial charge in [-0.05, 0) is 32.7 Å². The van der Waals surface area contributed by atoms with Gasteiger partial charge in [0.2, 0.25) is 5.91 Å². The van der Waals surface area contributed by atoms with E-state index in [0.29, 0.717) is 0 Å². The van der Waals surface area contributed by atoms with Gasteiger partial charge in [0.25, 0.3) is 0 Å². The minimum Gasteiger partial charge on any atom is -0.347 e. The standard InChI is InChI=1S/C14H23N3OS/c1-4-11-8-16-12(19-11)10(3)17-13(18)14(5-2)6-7-15-9-14/h8,10,15H,4-7,9H2,1-3H3,(H,17,18). The maximum atomic E-state index is 12.5. The molecule has 2 rings (SSSR count). The topological polar surface area (TPSA) is 54.0 Å². The summed E-state index contributed by atoms with van der Waals surface area (Å²) in [6.07, 6.45) is 4.73. The molecule has 1 saturated heterocycles. The van der Waals surface area contributed by atoms with Gasteiger partial charge in [0.05, 0.1) is 11.5 Å². The van der Waals surface area contributed by atoms with Crippen molar-refractivity contribution in [3.63, 3.8) is 0 Å². The number of nitrogens with zero attached hydrogens (tertiary/aromatic N) is 1. The fourth-order valence-corrected chi connectivity index (χ4v) is 3.36. The van der Waals surface area contributed by atoms with Crippen LogP contribution >= 0.6 is 11.3 Å². The molecular weight excluding hydrogens is 258 g/mol. The number of nitrogens with one attached hydrogen (secondary N) is 2. The van der Waals surface area contributed by atoms with Crippen LogP contribution in [0.1, 0.15) is 49.5 Å². The Hall–Kier alpha value is -0.940. The van der Waals surface area contributed by atoms with Crippen molar-refractivity contribution in [2.75, 3.05) is 13.1 Å². The minimum absolute atomic E-state index is 0.00169. The predicted molar refractivity (Wildman–Crippen MR) is 78.3 cm³/mol. The van der Waals surface area contributed by atoms with Crippen LogP contribution in [-0.2, 0) is 11.2 Å². The molecule has 0 radical (unpaired) electrons. The lowest BCUT2D eigenvalue weighted by Crippen LogP contribution is -2.43. The molecule has 1 aliphatic heterocycles. The van der Waals surface area contributed by atoms with E-state index in [1.807, 2.05) is 13.1 Å². The Balaban J connectivity index is 2.01. The first kappa shape index (κ1) is 14.5. The van der Waals surface area contributed by atoms with Crippen LogP contribution in [0.2, 0.25) is 0 Å². The largest absolute Gasteiger partial charge is 0.347 e. The summed E-state index contributed by atoms with van der Waals surface area (Å²) >= 11 is 1.69. The van der Waals surface area contributed by atoms with Crippen molar-refractivity contribution in [1.82, 2.24) is 15.6 Å². The lowest BCUT2D eigenvalue weighted by atomic mass is 9.83. The maximum absolute atomic E-state index is 12.5. The van der Waals surface area contributed by atoms with E-state index < -0.39 is 0 Å². The first-order valence-electron chi connectivity index (χ1n) is 7.07. The Morgan fingerprint density at radius 1 is 1.63 bits per heavy atom. The maximum Gasteiger partial charge on any atom is 0.228 e. The van der Waals surface area contributed by atoms with Crippen LogP contribution in [0.15, 0.2) is 6.20 Å². The molecule has 2 unspecified atom stereocenters. The zero-order valence-electron chi connectivity index (χ0n) is 12.0. The molecule has 0 aromatic carbocycles. The number of aromatic nitrogens is 1. The molecule has 106 valence electrons. The predicted octanol–water partition coefficient (Wildman–Crippen LogP) is 2.27. The van der Waals surface area contributed by atoms with E-state index in [1.165, 1.54) is 4.88 Å². The van der Waals surface area contributed by atoms with Crippen LogP contribution in [-0.4, -0.2) is 24.0 Å². The van der Waals surface area contributed by atoms with Crippen LogP contribution in [0, 0.1) is 5.41 Å². The fourth-order valence-electron chi connectivity index (χ4n) is 2.50. The molecule has 0 spiro atoms. The van der Waals surface area contributed by atoms with Gasteiger partial charge in [-0.2, -0.15) is 0 Å². The van der Waals surface area contributed by atoms with Crippen LogP contribution in [0.4, 0.5) is 0 Å². The lowest BCUT2D eigenvalue weighted by molar-refractivity contribution is -0.131. The monoisotopic (exact) mass is 281 g/mol. The Bertz CT molecular complexity index is 438. The molecular formula is C14H23N3OS. The molecule has 0 saturated carbocycles. The van der Waals surface area contributed by atoms with E-state index in [9.17, 15) is 4.79 Å². The van der Waals surface area contributed by atoms with Gasteiger partial charge in [-0.15, -0.1) is 11.3 Å². The normalized spacial score (nSPS) is 24.4. The third kappa shape index (κ3) is 2.98. The molecule has 5 heteroatoms. The molecule has 0 bridgehead atoms. The molecule has 1 aromatic rings. The Morgan fingerprint density at radius 3 is 2.95 bits per heavy atom. The van der Waals surface area contributed by atoms with Crippen molar-refractivity contribution in [3.05, 3.63) is 16.1 Å². The van der Waals surface area contributed by atoms with Crippen LogP contribution in [0.25, 0.3) is 0 Å². The average Bonchev–Trinajstić information content (AvgIpc) is 3.08. The summed E-state index contributed by atoms with van der Waals surface area (Å²) in [6, 6.07) is 0.00169. The molecule has 4 nitrogen and oxygen atoms in total. The van der Waals surface area contributed by atoms with Gasteiger partial charge in [0, 0.05) is 17.6 Å². The van der Waals surface area contributed by atoms with Gasteiger partial charge in [-0.3, -0.25) is 4.79 Å². The van der Waals surface area contributed by atoms with Crippen molar-refractivity contribution in [2.24, 2.45) is 5.41 Å². The fraction of sp³-hybridized carbons (Fsp3) is 0.714. The number of carbonyl (C=O) groups is 1. The highest BCUT2D eigenvalue weighted by Crippen LogP contribution is 2.31. The van der Waals surface area contributed by atoms with E-state index in [4.69, 9.17) is 0 Å². The molecule has 2 heterocycles. The molecule has 1 aromatic heterocycles. The SMILES string of the molecule is CCc1cnc(C(C)NC(=O)C2(CC)CCNC2)s1. The zero-order valence-corrected chi connectivity index (χ0v) is 12.8. The zero-order chi connectivity index (χ0) is 13.9. The molecule has 2 atom stereocenters. The Morgan fingerprint density at radius 2 is 2.42 bits per heavy atom. The van der Waals surface area contributed by atoms with Gasteiger partial charge in [-0.1, -0.05) is 13.8 Å². The van der Waals surface area contributed by atoms with E-state index in [0.717, 1.165) is 37.4 Å². The number of aryl methyl sites for hydroxylation is 1. The minimum atomic E-state index is -0.223. The second-order valence-corrected chi connectivity index (χ2v) is 6.42. The summed E-state index contributed by atoms with van der Waals surface area (Å²) in [5.74, 6) is 0.167. The quantitative estimate of drug-likeness (QED) is 0.870. The van der Waals surface area contributed by atoms with Crippen LogP contribution in [0.3, 0.4) is 0 Å². The lowest BCUT2D eigenvalue weighted by Gasteiger charge is -2.26. The summed E-state index contributed by atoms with van der Waals surface area (Å²) in [7, 11) is 0. The van der Waals surface area contributed by atoms with Gasteiger partial charge in [0.15, 0.2) is 0 Å². The Labute approximate surface area is 119 Å². The van der Waals surface area contributed by atoms with Gasteiger partial charge in [0.1, 0.15) is 5.01 Å². The molecule has 1 aliphatic rings. The van der Waals surface area contributed by atoms with Gasteiger partial charge in [-0.25, -0.2) is 4.98 Å². The van der Waals surface area contributed by atoms with Crippen molar-refractivity contribution in [3.8, 4) is 0 Å². The van der Waals surface area contributed by atoms with Crippen molar-refractivity contribution < 1.29 is 4.79 Å². The average molecular weight is 281 g/mol. The van der Waals surface area contributed by atoms with Crippen molar-refractivity contribution in [1.29, 1.82) is 0 Å². The second kappa shape index (κ2) is 6.01. The molecule has 1 fully saturated rings. The van der Waals surface area contributed by atoms with Crippen LogP contribution in [0.5, 0.6) is 0 Å². The number of thiazole rings is 1. The van der Waals surface area contributed by atoms with Crippen molar-refractivity contribution >= 4 is 17.2 Å². The highest BCUT2D eigenvalue weighted by atomic mass is 32.1. The van der Waals surface area contributed by atoms with E-state index in [1.54, 1.807) is 11.3 Å². The summed E-state index contributed by atoms with van der Waals surface area (Å²) in [5, 5.41) is 7.44. The number of hydrogen-bond acceptors (Lipinski definition) is 4. The molecule has 0 aliphatic carbocycles. The van der Waals surface area contributed by atoms with E-state index >= 15 is 0 Å². The smallest absolute Gasteiger partial charge is 0.228 e. The third-order valence-corrected chi connectivity index (χ3v) is 5.36. The number of rotatable bonds is 5. The molecule has 1 amide bonds. The van der Waals surface area contributed by atoms with E-state index in [-0.39, 0.29) is 17.4 Å². The first-order chi connectivity index (χ1) is 9.11. The van der Waals surface area contributed by atoms with Crippen molar-refractivity contribution in [2.45, 2.75) is 46.1 Å². The molecule has 19 heavy (non-hydrogen) atoms. The highest BCUT2D eigenvalue weighted by Gasteiger charge is 2.40. The number of amides is 1. The van der Waals surface area contributed by atoms with Gasteiger partial charge >= 0.3 is 0 Å². The summed E-state index contributed by atoms with van der Waals surface area (Å²) in [6.45, 7) is 7.96. The van der Waals surface area contributed by atoms with Gasteiger partial charge < -0.3 is 10.6 Å². The number of carbonyl (C=O) groups excluding carboxylic acids is 1. The van der Waals surface area contributed by atoms with Crippen LogP contribution < -0.4 is 10.6 Å². The summed E-state index contributed by atoms with van der Waals surface area (Å²) in [5.41, 5.74) is -0.223. The van der Waals surface area contributed by atoms with E-state index in [2.05, 4.69) is 29.5 Å². The highest BCUT2D eigenvalue weighted by molar-refractivity contribution is 7.11. The first-order valence-corrected chi connectivity index (χ1v) is 7.89. The molecule has 2 N–H and O–H groups in total. The summed E-state index contributed by atoms with van der Waals surface area (Å²) < 4.78 is 0. The number of hydrogen-bond donors (Lipinski definition) is 2. The summed E-state index contributed by atoms with van der Waals surface area (Å²) in [4.78, 5) is 18.2. The Kier molecular flexibility index (Phi) is 4.58. The second-order valence-electron chi connectivity index (χ2n) is 5.27. The third-order valence-electron chi connectivity index (χ3n) is 4.04.